The number of nitrogens with one attached hydrogen (secondary N) is 1. The minimum atomic E-state index is -0.476. The molecule has 1 amide bonds. The van der Waals surface area contributed by atoms with Gasteiger partial charge in [0.2, 0.25) is 5.88 Å². The van der Waals surface area contributed by atoms with E-state index in [4.69, 9.17) is 33.3 Å². The molecule has 0 unspecified atom stereocenters. The van der Waals surface area contributed by atoms with Crippen LogP contribution in [0.1, 0.15) is 15.9 Å². The quantitative estimate of drug-likeness (QED) is 0.671. The normalized spacial score (nSPS) is 10.2. The van der Waals surface area contributed by atoms with Crippen LogP contribution in [0.3, 0.4) is 0 Å². The van der Waals surface area contributed by atoms with Crippen LogP contribution in [-0.2, 0) is 6.61 Å². The Kier molecular flexibility index (Phi) is 4.13. The van der Waals surface area contributed by atoms with E-state index in [-0.39, 0.29) is 12.5 Å². The van der Waals surface area contributed by atoms with Gasteiger partial charge in [-0.2, -0.15) is 0 Å². The molecule has 0 aliphatic carbocycles. The lowest BCUT2D eigenvalue weighted by Gasteiger charge is -2.10. The molecule has 100 valence electrons. The number of nitrogens with zero attached hydrogens (tertiary/aromatic N) is 2. The summed E-state index contributed by atoms with van der Waals surface area (Å²) in [6, 6.07) is 6.32. The Balaban J connectivity index is 2.21. The Bertz CT molecular complexity index is 601. The molecule has 0 radical (unpaired) electrons. The van der Waals surface area contributed by atoms with Gasteiger partial charge < -0.3 is 9.94 Å². The molecule has 2 aromatic rings. The van der Waals surface area contributed by atoms with Gasteiger partial charge in [0.15, 0.2) is 0 Å². The van der Waals surface area contributed by atoms with Crippen molar-refractivity contribution < 1.29 is 14.7 Å². The van der Waals surface area contributed by atoms with Crippen LogP contribution in [0.5, 0.6) is 5.88 Å². The van der Waals surface area contributed by atoms with E-state index in [9.17, 15) is 4.79 Å². The Morgan fingerprint density at radius 2 is 2.26 bits per heavy atom. The third-order valence-electron chi connectivity index (χ3n) is 2.37. The number of aromatic nitrogens is 2. The Morgan fingerprint density at radius 1 is 1.47 bits per heavy atom. The summed E-state index contributed by atoms with van der Waals surface area (Å²) in [6.07, 6.45) is 1.31. The highest BCUT2D eigenvalue weighted by atomic mass is 35.5. The first-order chi connectivity index (χ1) is 9.11. The molecule has 0 aliphatic heterocycles. The maximum absolute atomic E-state index is 11.6. The van der Waals surface area contributed by atoms with Crippen LogP contribution < -0.4 is 9.57 Å². The molecule has 1 heterocycles. The van der Waals surface area contributed by atoms with Crippen LogP contribution in [0.2, 0.25) is 5.02 Å². The second-order valence-electron chi connectivity index (χ2n) is 3.55. The Labute approximate surface area is 118 Å². The molecule has 0 aliphatic rings. The number of halogens is 2. The fourth-order valence-electron chi connectivity index (χ4n) is 1.49. The first-order valence-electron chi connectivity index (χ1n) is 5.18. The van der Waals surface area contributed by atoms with Crippen LogP contribution in [0, 0.1) is 0 Å². The van der Waals surface area contributed by atoms with E-state index in [1.165, 1.54) is 12.3 Å². The van der Waals surface area contributed by atoms with Gasteiger partial charge in [0.25, 0.3) is 5.91 Å². The lowest BCUT2D eigenvalue weighted by Crippen LogP contribution is -2.16. The second kappa shape index (κ2) is 5.81. The SMILES string of the molecule is O=C(NCl)c1cccc(Cl)c1COc1ccn(O)n1. The highest BCUT2D eigenvalue weighted by Gasteiger charge is 2.14. The molecule has 0 saturated heterocycles. The third-order valence-corrected chi connectivity index (χ3v) is 2.89. The van der Waals surface area contributed by atoms with Crippen molar-refractivity contribution in [2.45, 2.75) is 6.61 Å². The summed E-state index contributed by atoms with van der Waals surface area (Å²) in [6.45, 7) is 0.0241. The number of rotatable bonds is 4. The van der Waals surface area contributed by atoms with Crippen molar-refractivity contribution in [3.05, 3.63) is 46.6 Å². The first-order valence-corrected chi connectivity index (χ1v) is 5.93. The fraction of sp³-hybridized carbons (Fsp3) is 0.0909. The van der Waals surface area contributed by atoms with E-state index >= 15 is 0 Å². The molecule has 6 nitrogen and oxygen atoms in total. The average molecular weight is 302 g/mol. The predicted octanol–water partition coefficient (Wildman–Crippen LogP) is 2.24. The fourth-order valence-corrected chi connectivity index (χ4v) is 1.82. The van der Waals surface area contributed by atoms with Crippen LogP contribution in [0.15, 0.2) is 30.5 Å². The van der Waals surface area contributed by atoms with E-state index in [1.807, 2.05) is 4.84 Å². The third kappa shape index (κ3) is 3.10. The van der Waals surface area contributed by atoms with Crippen LogP contribution in [0.4, 0.5) is 0 Å². The van der Waals surface area contributed by atoms with Crippen molar-refractivity contribution in [2.75, 3.05) is 0 Å². The Hall–Kier alpha value is -1.92. The van der Waals surface area contributed by atoms with Crippen molar-refractivity contribution in [1.29, 1.82) is 0 Å². The van der Waals surface area contributed by atoms with Crippen LogP contribution >= 0.6 is 23.4 Å². The summed E-state index contributed by atoms with van der Waals surface area (Å²) >= 11 is 11.3. The van der Waals surface area contributed by atoms with Crippen LogP contribution in [-0.4, -0.2) is 21.1 Å². The molecule has 0 fully saturated rings. The summed E-state index contributed by atoms with van der Waals surface area (Å²) in [5.41, 5.74) is 0.792. The van der Waals surface area contributed by atoms with Crippen molar-refractivity contribution in [3.8, 4) is 5.88 Å². The van der Waals surface area contributed by atoms with E-state index in [0.29, 0.717) is 21.0 Å². The van der Waals surface area contributed by atoms with Gasteiger partial charge in [-0.15, -0.1) is 4.85 Å². The minimum Gasteiger partial charge on any atom is -0.472 e. The van der Waals surface area contributed by atoms with Crippen LogP contribution in [0.25, 0.3) is 0 Å². The molecule has 19 heavy (non-hydrogen) atoms. The number of carbonyl (C=O) groups is 1. The molecule has 2 rings (SSSR count). The highest BCUT2D eigenvalue weighted by Crippen LogP contribution is 2.22. The molecular weight excluding hydrogens is 293 g/mol. The zero-order valence-electron chi connectivity index (χ0n) is 9.51. The van der Waals surface area contributed by atoms with Crippen molar-refractivity contribution in [1.82, 2.24) is 14.8 Å². The molecule has 1 aromatic carbocycles. The lowest BCUT2D eigenvalue weighted by molar-refractivity contribution is 0.0978. The number of benzene rings is 1. The average Bonchev–Trinajstić information content (AvgIpc) is 2.82. The second-order valence-corrected chi connectivity index (χ2v) is 4.15. The first kappa shape index (κ1) is 13.5. The smallest absolute Gasteiger partial charge is 0.266 e. The number of ether oxygens (including phenoxy) is 1. The van der Waals surface area contributed by atoms with Gasteiger partial charge >= 0.3 is 0 Å². The maximum Gasteiger partial charge on any atom is 0.266 e. The summed E-state index contributed by atoms with van der Waals surface area (Å²) in [4.78, 5) is 14.2. The van der Waals surface area contributed by atoms with E-state index in [0.717, 1.165) is 0 Å². The van der Waals surface area contributed by atoms with Crippen molar-refractivity contribution in [3.63, 3.8) is 0 Å². The predicted molar refractivity (Wildman–Crippen MR) is 68.5 cm³/mol. The van der Waals surface area contributed by atoms with Gasteiger partial charge in [-0.25, -0.2) is 0 Å². The zero-order chi connectivity index (χ0) is 13.8. The number of carbonyl (C=O) groups excluding carboxylic acids is 1. The van der Waals surface area contributed by atoms with Gasteiger partial charge in [0.1, 0.15) is 6.61 Å². The molecule has 0 saturated carbocycles. The standard InChI is InChI=1S/C11H9Cl2N3O3/c12-9-3-1-2-7(11(17)14-13)8(9)6-19-10-4-5-16(18)15-10/h1-5,18H,6H2,(H,14,17). The molecule has 0 atom stereocenters. The molecule has 1 aromatic heterocycles. The summed E-state index contributed by atoms with van der Waals surface area (Å²) in [5.74, 6) is -0.268. The summed E-state index contributed by atoms with van der Waals surface area (Å²) in [5, 5.41) is 13.0. The number of hydrogen-bond donors (Lipinski definition) is 2. The largest absolute Gasteiger partial charge is 0.472 e. The van der Waals surface area contributed by atoms with E-state index in [2.05, 4.69) is 5.10 Å². The molecular formula is C11H9Cl2N3O3. The topological polar surface area (TPSA) is 76.4 Å². The molecule has 0 bridgehead atoms. The monoisotopic (exact) mass is 301 g/mol. The summed E-state index contributed by atoms with van der Waals surface area (Å²) < 4.78 is 5.33. The maximum atomic E-state index is 11.6. The van der Waals surface area contributed by atoms with Gasteiger partial charge in [0.05, 0.1) is 6.20 Å². The van der Waals surface area contributed by atoms with Crippen molar-refractivity contribution >= 4 is 29.3 Å². The van der Waals surface area contributed by atoms with Gasteiger partial charge in [-0.3, -0.25) is 9.63 Å². The van der Waals surface area contributed by atoms with E-state index in [1.54, 1.807) is 18.2 Å². The Morgan fingerprint density at radius 3 is 2.89 bits per heavy atom. The van der Waals surface area contributed by atoms with Gasteiger partial charge in [-0.1, -0.05) is 22.8 Å². The number of hydrogen-bond acceptors (Lipinski definition) is 4. The molecule has 8 heteroatoms. The zero-order valence-corrected chi connectivity index (χ0v) is 11.0. The van der Waals surface area contributed by atoms with Crippen molar-refractivity contribution in [2.24, 2.45) is 0 Å². The lowest BCUT2D eigenvalue weighted by atomic mass is 10.1. The van der Waals surface area contributed by atoms with Gasteiger partial charge in [0, 0.05) is 34.0 Å². The highest BCUT2D eigenvalue weighted by molar-refractivity contribution is 6.32. The molecule has 0 spiro atoms. The number of amides is 1. The molecule has 2 N–H and O–H groups in total. The minimum absolute atomic E-state index is 0.0241. The summed E-state index contributed by atoms with van der Waals surface area (Å²) in [7, 11) is 0. The van der Waals surface area contributed by atoms with Gasteiger partial charge in [-0.05, 0) is 12.1 Å². The van der Waals surface area contributed by atoms with E-state index < -0.39 is 5.91 Å².